The lowest BCUT2D eigenvalue weighted by molar-refractivity contribution is -0.148. The van der Waals surface area contributed by atoms with Gasteiger partial charge in [0.05, 0.1) is 23.0 Å². The molecule has 8 heteroatoms. The minimum absolute atomic E-state index is 0.0556. The fourth-order valence-corrected chi connectivity index (χ4v) is 4.46. The Morgan fingerprint density at radius 1 is 0.969 bits per heavy atom. The third-order valence-electron chi connectivity index (χ3n) is 5.97. The predicted molar refractivity (Wildman–Crippen MR) is 118 cm³/mol. The van der Waals surface area contributed by atoms with E-state index in [2.05, 4.69) is 4.98 Å². The van der Waals surface area contributed by atoms with Crippen molar-refractivity contribution in [2.24, 2.45) is 0 Å². The predicted octanol–water partition coefficient (Wildman–Crippen LogP) is 2.68. The van der Waals surface area contributed by atoms with Crippen LogP contribution in [0.2, 0.25) is 0 Å². The molecule has 4 aromatic rings. The van der Waals surface area contributed by atoms with Crippen LogP contribution in [0.5, 0.6) is 0 Å². The lowest BCUT2D eigenvalue weighted by Gasteiger charge is -2.33. The molecule has 0 radical (unpaired) electrons. The van der Waals surface area contributed by atoms with Crippen LogP contribution >= 0.6 is 0 Å². The molecule has 0 aliphatic carbocycles. The zero-order valence-corrected chi connectivity index (χ0v) is 17.6. The van der Waals surface area contributed by atoms with Gasteiger partial charge in [-0.15, -0.1) is 0 Å². The first-order chi connectivity index (χ1) is 15.4. The second-order valence-electron chi connectivity index (χ2n) is 7.94. The van der Waals surface area contributed by atoms with E-state index in [1.165, 1.54) is 23.0 Å². The van der Waals surface area contributed by atoms with Crippen molar-refractivity contribution in [3.63, 3.8) is 0 Å². The summed E-state index contributed by atoms with van der Waals surface area (Å²) < 4.78 is 2.94. The number of hydrogen-bond donors (Lipinski definition) is 0. The van der Waals surface area contributed by atoms with E-state index in [0.29, 0.717) is 16.7 Å². The molecular weight excluding hydrogens is 408 g/mol. The van der Waals surface area contributed by atoms with Crippen molar-refractivity contribution in [1.29, 1.82) is 0 Å². The number of hydrogen-bond acceptors (Lipinski definition) is 5. The molecule has 32 heavy (non-hydrogen) atoms. The Morgan fingerprint density at radius 2 is 1.66 bits per heavy atom. The third kappa shape index (κ3) is 2.95. The fourth-order valence-electron chi connectivity index (χ4n) is 4.46. The van der Waals surface area contributed by atoms with Gasteiger partial charge in [0.25, 0.3) is 11.5 Å². The van der Waals surface area contributed by atoms with Gasteiger partial charge in [-0.1, -0.05) is 30.3 Å². The zero-order valence-electron chi connectivity index (χ0n) is 17.6. The average Bonchev–Trinajstić information content (AvgIpc) is 3.14. The van der Waals surface area contributed by atoms with E-state index in [1.807, 2.05) is 24.3 Å². The Hall–Kier alpha value is -4.07. The maximum absolute atomic E-state index is 13.4. The molecule has 0 fully saturated rings. The molecule has 0 spiro atoms. The number of para-hydroxylation sites is 2. The molecule has 2 amide bonds. The van der Waals surface area contributed by atoms with Crippen molar-refractivity contribution in [2.75, 3.05) is 0 Å². The number of rotatable bonds is 2. The van der Waals surface area contributed by atoms with Gasteiger partial charge in [-0.05, 0) is 23.8 Å². The van der Waals surface area contributed by atoms with Crippen LogP contribution in [0.4, 0.5) is 0 Å². The number of aromatic nitrogens is 3. The Bertz CT molecular complexity index is 1500. The van der Waals surface area contributed by atoms with Gasteiger partial charge in [-0.25, -0.2) is 4.98 Å². The first-order valence-corrected chi connectivity index (χ1v) is 10.3. The second-order valence-corrected chi connectivity index (χ2v) is 7.94. The fraction of sp³-hybridized carbons (Fsp3) is 0.208. The molecule has 2 aromatic carbocycles. The van der Waals surface area contributed by atoms with Crippen LogP contribution in [0.15, 0.2) is 59.5 Å². The number of carbonyl (C=O) groups excluding carboxylic acids is 3. The largest absolute Gasteiger partial charge is 0.287 e. The highest BCUT2D eigenvalue weighted by molar-refractivity contribution is 5.98. The first-order valence-electron chi connectivity index (χ1n) is 10.3. The zero-order chi connectivity index (χ0) is 22.6. The number of benzene rings is 2. The van der Waals surface area contributed by atoms with Crippen molar-refractivity contribution in [3.8, 4) is 0 Å². The van der Waals surface area contributed by atoms with Gasteiger partial charge < -0.3 is 0 Å². The number of imide groups is 1. The van der Waals surface area contributed by atoms with Crippen LogP contribution in [0.25, 0.3) is 21.8 Å². The van der Waals surface area contributed by atoms with Crippen molar-refractivity contribution < 1.29 is 14.4 Å². The Kier molecular flexibility index (Phi) is 4.51. The van der Waals surface area contributed by atoms with E-state index in [4.69, 9.17) is 0 Å². The number of nitrogens with zero attached hydrogens (tertiary/aromatic N) is 4. The highest BCUT2D eigenvalue weighted by Gasteiger charge is 2.37. The highest BCUT2D eigenvalue weighted by atomic mass is 16.2. The summed E-state index contributed by atoms with van der Waals surface area (Å²) in [4.78, 5) is 56.8. The van der Waals surface area contributed by atoms with Crippen LogP contribution in [0.1, 0.15) is 36.1 Å². The van der Waals surface area contributed by atoms with Gasteiger partial charge in [0, 0.05) is 31.9 Å². The summed E-state index contributed by atoms with van der Waals surface area (Å²) >= 11 is 0. The summed E-state index contributed by atoms with van der Waals surface area (Å²) in [5, 5.41) is 1.23. The third-order valence-corrected chi connectivity index (χ3v) is 5.97. The summed E-state index contributed by atoms with van der Waals surface area (Å²) in [7, 11) is 0. The molecule has 0 bridgehead atoms. The van der Waals surface area contributed by atoms with E-state index >= 15 is 0 Å². The van der Waals surface area contributed by atoms with Crippen molar-refractivity contribution in [1.82, 2.24) is 19.0 Å². The number of carbonyl (C=O) groups is 3. The van der Waals surface area contributed by atoms with Crippen molar-refractivity contribution in [2.45, 2.75) is 32.9 Å². The van der Waals surface area contributed by atoms with Crippen molar-refractivity contribution >= 4 is 39.5 Å². The first kappa shape index (κ1) is 19.9. The van der Waals surface area contributed by atoms with Crippen LogP contribution in [-0.2, 0) is 22.6 Å². The molecule has 0 saturated carbocycles. The monoisotopic (exact) mass is 428 g/mol. The van der Waals surface area contributed by atoms with E-state index in [1.54, 1.807) is 30.5 Å². The standard InChI is InChI=1S/C24H20N4O4/c1-14(29)26-12-16(17-7-4-6-10-20(17)26)11-21-24(32)27(15(2)30)13-22-25-19-9-5-3-8-18(19)23(31)28(21)22/h3-10,12,21H,11,13H2,1-2H3/t21-/m1/s1. The minimum atomic E-state index is -0.946. The molecule has 8 nitrogen and oxygen atoms in total. The smallest absolute Gasteiger partial charge is 0.262 e. The topological polar surface area (TPSA) is 94.3 Å². The Labute approximate surface area is 182 Å². The number of amides is 2. The lowest BCUT2D eigenvalue weighted by atomic mass is 10.0. The van der Waals surface area contributed by atoms with Crippen LogP contribution < -0.4 is 5.56 Å². The summed E-state index contributed by atoms with van der Waals surface area (Å²) in [5.74, 6) is -0.648. The molecule has 1 atom stereocenters. The van der Waals surface area contributed by atoms with Crippen LogP contribution in [0.3, 0.4) is 0 Å². The lowest BCUT2D eigenvalue weighted by Crippen LogP contribution is -2.49. The maximum Gasteiger partial charge on any atom is 0.262 e. The average molecular weight is 428 g/mol. The normalized spacial score (nSPS) is 15.9. The van der Waals surface area contributed by atoms with Crippen LogP contribution in [0, 0.1) is 0 Å². The van der Waals surface area contributed by atoms with Gasteiger partial charge in [-0.2, -0.15) is 0 Å². The summed E-state index contributed by atoms with van der Waals surface area (Å²) in [6.07, 6.45) is 1.85. The summed E-state index contributed by atoms with van der Waals surface area (Å²) in [5.41, 5.74) is 1.67. The Morgan fingerprint density at radius 3 is 2.38 bits per heavy atom. The van der Waals surface area contributed by atoms with Gasteiger partial charge in [0.2, 0.25) is 11.8 Å². The van der Waals surface area contributed by atoms with Crippen molar-refractivity contribution in [3.05, 3.63) is 76.5 Å². The molecule has 1 aliphatic heterocycles. The van der Waals surface area contributed by atoms with Gasteiger partial charge in [0.15, 0.2) is 0 Å². The van der Waals surface area contributed by atoms with Crippen LogP contribution in [-0.4, -0.2) is 36.7 Å². The molecule has 0 N–H and O–H groups in total. The highest BCUT2D eigenvalue weighted by Crippen LogP contribution is 2.29. The number of fused-ring (bicyclic) bond motifs is 3. The Balaban J connectivity index is 1.72. The quantitative estimate of drug-likeness (QED) is 0.489. The molecule has 2 aromatic heterocycles. The molecule has 0 saturated heterocycles. The molecule has 0 unspecified atom stereocenters. The van der Waals surface area contributed by atoms with Gasteiger partial charge in [-0.3, -0.25) is 33.2 Å². The molecule has 5 rings (SSSR count). The van der Waals surface area contributed by atoms with E-state index in [0.717, 1.165) is 21.4 Å². The molecule has 160 valence electrons. The van der Waals surface area contributed by atoms with E-state index in [9.17, 15) is 19.2 Å². The molecule has 3 heterocycles. The summed E-state index contributed by atoms with van der Waals surface area (Å²) in [6, 6.07) is 13.4. The minimum Gasteiger partial charge on any atom is -0.287 e. The van der Waals surface area contributed by atoms with Gasteiger partial charge in [0.1, 0.15) is 11.9 Å². The van der Waals surface area contributed by atoms with E-state index < -0.39 is 17.9 Å². The van der Waals surface area contributed by atoms with E-state index in [-0.39, 0.29) is 24.4 Å². The molecular formula is C24H20N4O4. The SMILES string of the molecule is CC(=O)N1Cc2nc3ccccc3c(=O)n2[C@H](Cc2cn(C(C)=O)c3ccccc23)C1=O. The van der Waals surface area contributed by atoms with Gasteiger partial charge >= 0.3 is 0 Å². The summed E-state index contributed by atoms with van der Waals surface area (Å²) in [6.45, 7) is 2.74. The maximum atomic E-state index is 13.4. The second kappa shape index (κ2) is 7.26. The molecule has 1 aliphatic rings.